The van der Waals surface area contributed by atoms with Crippen LogP contribution in [0, 0.1) is 37.3 Å². The number of anilines is 1. The van der Waals surface area contributed by atoms with Crippen LogP contribution in [-0.4, -0.2) is 121 Å². The highest BCUT2D eigenvalue weighted by atomic mass is 35.5. The number of benzene rings is 2. The molecule has 322 valence electrons. The Morgan fingerprint density at radius 2 is 1.68 bits per heavy atom. The molecule has 7 rings (SSSR count). The first-order chi connectivity index (χ1) is 28.4. The first kappa shape index (κ1) is 42.8. The number of ether oxygens (including phenoxy) is 2. The number of fused-ring (bicyclic) bond motifs is 1. The monoisotopic (exact) mass is 853 g/mol. The van der Waals surface area contributed by atoms with E-state index >= 15 is 8.78 Å². The van der Waals surface area contributed by atoms with Gasteiger partial charge in [-0.15, -0.1) is 0 Å². The van der Waals surface area contributed by atoms with Gasteiger partial charge >= 0.3 is 12.1 Å². The lowest BCUT2D eigenvalue weighted by atomic mass is 10.00. The zero-order chi connectivity index (χ0) is 43.4. The van der Waals surface area contributed by atoms with E-state index in [0.717, 1.165) is 0 Å². The van der Waals surface area contributed by atoms with Crippen molar-refractivity contribution in [2.24, 2.45) is 18.9 Å². The van der Waals surface area contributed by atoms with Crippen molar-refractivity contribution in [2.45, 2.75) is 71.2 Å². The second kappa shape index (κ2) is 16.6. The second-order valence-corrected chi connectivity index (χ2v) is 17.0. The molecule has 16 nitrogen and oxygen atoms in total. The standard InChI is InChI=1S/C41H50ClF2N9O7/c1-20-32(21(2)53(49-20)12-13-59-7)25-11-10-24(33(43)34(25)44)30-15-45-36(50(30)6)38(56)46-22-8-9-23(28(42)14-22)37(55)48-35-26-16-51(17-27(26)35)39(57)47-29-18-52(19-31(29)54)40(58)60-41(3,4)5/h8-11,14-15,26-27,29,31,35,38,46,54,56H,12-13,16-19H2,1-7H3,(H,47,57)(H,48,55)/t26-,27+,29-,31-,35?,38?/m1/s1. The van der Waals surface area contributed by atoms with E-state index in [1.165, 1.54) is 39.9 Å². The molecular weight excluding hydrogens is 804 g/mol. The number of amides is 4. The number of nitrogens with zero attached hydrogens (tertiary/aromatic N) is 6. The molecule has 4 amide bonds. The van der Waals surface area contributed by atoms with E-state index < -0.39 is 47.6 Å². The number of urea groups is 1. The highest BCUT2D eigenvalue weighted by molar-refractivity contribution is 6.34. The summed E-state index contributed by atoms with van der Waals surface area (Å²) in [4.78, 5) is 46.0. The molecule has 0 spiro atoms. The SMILES string of the molecule is COCCn1nc(C)c(-c2ccc(-c3cnc(C(O)Nc4ccc(C(=O)NC5[C@H]6CN(C(=O)N[C@@H]7CN(C(=O)OC(C)(C)C)C[C@H]7O)C[C@@H]56)c(Cl)c4)n3C)c(F)c2F)c1C. The van der Waals surface area contributed by atoms with Crippen LogP contribution in [0.2, 0.25) is 5.02 Å². The largest absolute Gasteiger partial charge is 0.444 e. The highest BCUT2D eigenvalue weighted by Crippen LogP contribution is 2.46. The van der Waals surface area contributed by atoms with Gasteiger partial charge in [-0.2, -0.15) is 5.10 Å². The Hall–Kier alpha value is -5.30. The van der Waals surface area contributed by atoms with Gasteiger partial charge in [0.25, 0.3) is 5.91 Å². The number of aliphatic hydroxyl groups is 2. The lowest BCUT2D eigenvalue weighted by Gasteiger charge is -2.25. The van der Waals surface area contributed by atoms with Crippen molar-refractivity contribution >= 4 is 35.3 Å². The molecule has 2 unspecified atom stereocenters. The zero-order valence-electron chi connectivity index (χ0n) is 34.4. The predicted octanol–water partition coefficient (Wildman–Crippen LogP) is 4.60. The summed E-state index contributed by atoms with van der Waals surface area (Å²) in [5, 5.41) is 34.9. The van der Waals surface area contributed by atoms with Gasteiger partial charge in [0, 0.05) is 79.7 Å². The second-order valence-electron chi connectivity index (χ2n) is 16.6. The van der Waals surface area contributed by atoms with Crippen LogP contribution in [0.25, 0.3) is 22.4 Å². The number of carbonyl (C=O) groups excluding carboxylic acids is 3. The molecule has 2 saturated heterocycles. The maximum absolute atomic E-state index is 15.7. The van der Waals surface area contributed by atoms with Crippen LogP contribution in [0.5, 0.6) is 0 Å². The van der Waals surface area contributed by atoms with E-state index in [9.17, 15) is 24.6 Å². The van der Waals surface area contributed by atoms with Gasteiger partial charge < -0.3 is 50.0 Å². The van der Waals surface area contributed by atoms with Crippen molar-refractivity contribution in [3.05, 3.63) is 76.0 Å². The molecule has 2 aliphatic heterocycles. The number of aryl methyl sites for hydroxylation is 1. The van der Waals surface area contributed by atoms with Gasteiger partial charge in [0.15, 0.2) is 23.7 Å². The summed E-state index contributed by atoms with van der Waals surface area (Å²) in [6, 6.07) is 6.42. The van der Waals surface area contributed by atoms with Crippen molar-refractivity contribution in [2.75, 3.05) is 45.2 Å². The number of β-amino-alcohol motifs (C(OH)–C–C–N with tert-alkyl or cyclic N) is 1. The Bertz CT molecular complexity index is 2300. The van der Waals surface area contributed by atoms with Crippen molar-refractivity contribution < 1.29 is 42.9 Å². The molecule has 6 atom stereocenters. The summed E-state index contributed by atoms with van der Waals surface area (Å²) < 4.78 is 45.0. The molecule has 0 radical (unpaired) electrons. The minimum absolute atomic E-state index is 0.0434. The summed E-state index contributed by atoms with van der Waals surface area (Å²) in [5.41, 5.74) is 1.92. The van der Waals surface area contributed by atoms with E-state index in [-0.39, 0.29) is 70.2 Å². The maximum atomic E-state index is 15.7. The average Bonchev–Trinajstić information content (AvgIpc) is 3.64. The first-order valence-electron chi connectivity index (χ1n) is 19.7. The fourth-order valence-corrected chi connectivity index (χ4v) is 8.42. The lowest BCUT2D eigenvalue weighted by Crippen LogP contribution is -2.50. The fraction of sp³-hybridized carbons (Fsp3) is 0.488. The molecule has 1 aliphatic carbocycles. The Balaban J connectivity index is 0.922. The van der Waals surface area contributed by atoms with E-state index in [1.807, 2.05) is 0 Å². The van der Waals surface area contributed by atoms with E-state index in [2.05, 4.69) is 26.0 Å². The fourth-order valence-electron chi connectivity index (χ4n) is 8.15. The van der Waals surface area contributed by atoms with Crippen molar-refractivity contribution in [1.29, 1.82) is 0 Å². The number of piperidine rings is 1. The van der Waals surface area contributed by atoms with Crippen LogP contribution < -0.4 is 16.0 Å². The van der Waals surface area contributed by atoms with Gasteiger partial charge in [0.2, 0.25) is 0 Å². The lowest BCUT2D eigenvalue weighted by molar-refractivity contribution is 0.0269. The number of aliphatic hydroxyl groups excluding tert-OH is 2. The quantitative estimate of drug-likeness (QED) is 0.134. The number of imidazole rings is 1. The van der Waals surface area contributed by atoms with Gasteiger partial charge in [-0.3, -0.25) is 9.48 Å². The van der Waals surface area contributed by atoms with Gasteiger partial charge in [-0.1, -0.05) is 17.7 Å². The van der Waals surface area contributed by atoms with Crippen LogP contribution >= 0.6 is 11.6 Å². The molecule has 5 N–H and O–H groups in total. The van der Waals surface area contributed by atoms with Crippen LogP contribution in [0.1, 0.15) is 54.6 Å². The Morgan fingerprint density at radius 3 is 2.35 bits per heavy atom. The number of hydrogen-bond acceptors (Lipinski definition) is 10. The number of methoxy groups -OCH3 is 1. The summed E-state index contributed by atoms with van der Waals surface area (Å²) in [7, 11) is 3.15. The zero-order valence-corrected chi connectivity index (χ0v) is 35.2. The van der Waals surface area contributed by atoms with Gasteiger partial charge in [-0.25, -0.2) is 23.4 Å². The number of halogens is 3. The third-order valence-corrected chi connectivity index (χ3v) is 11.6. The number of aromatic nitrogens is 4. The maximum Gasteiger partial charge on any atom is 0.410 e. The minimum atomic E-state index is -1.39. The van der Waals surface area contributed by atoms with Crippen molar-refractivity contribution in [1.82, 2.24) is 39.8 Å². The molecule has 19 heteroatoms. The van der Waals surface area contributed by atoms with Gasteiger partial charge in [0.1, 0.15) is 5.60 Å². The summed E-state index contributed by atoms with van der Waals surface area (Å²) >= 11 is 6.54. The number of rotatable bonds is 11. The van der Waals surface area contributed by atoms with Crippen LogP contribution in [0.4, 0.5) is 24.1 Å². The van der Waals surface area contributed by atoms with Crippen molar-refractivity contribution in [3.63, 3.8) is 0 Å². The van der Waals surface area contributed by atoms with Gasteiger partial charge in [-0.05, 0) is 58.9 Å². The molecule has 3 aliphatic rings. The van der Waals surface area contributed by atoms with E-state index in [4.69, 9.17) is 21.1 Å². The van der Waals surface area contributed by atoms with Crippen LogP contribution in [0.15, 0.2) is 36.5 Å². The van der Waals surface area contributed by atoms with Crippen LogP contribution in [0.3, 0.4) is 0 Å². The summed E-state index contributed by atoms with van der Waals surface area (Å²) in [5.74, 6) is -2.27. The normalized spacial score (nSPS) is 21.5. The third-order valence-electron chi connectivity index (χ3n) is 11.3. The first-order valence-corrected chi connectivity index (χ1v) is 20.0. The van der Waals surface area contributed by atoms with Gasteiger partial charge in [0.05, 0.1) is 60.0 Å². The molecule has 4 aromatic rings. The van der Waals surface area contributed by atoms with Crippen LogP contribution in [-0.2, 0) is 23.1 Å². The van der Waals surface area contributed by atoms with E-state index in [0.29, 0.717) is 48.9 Å². The Labute approximate surface area is 350 Å². The summed E-state index contributed by atoms with van der Waals surface area (Å²) in [6.45, 7) is 10.7. The Morgan fingerprint density at radius 1 is 1.00 bits per heavy atom. The number of likely N-dealkylation sites (tertiary alicyclic amines) is 2. The molecule has 1 saturated carbocycles. The number of carbonyl (C=O) groups is 3. The molecular formula is C41H50ClF2N9O7. The molecule has 0 bridgehead atoms. The third kappa shape index (κ3) is 8.50. The molecule has 60 heavy (non-hydrogen) atoms. The highest BCUT2D eigenvalue weighted by Gasteiger charge is 2.57. The smallest absolute Gasteiger partial charge is 0.410 e. The molecule has 4 heterocycles. The minimum Gasteiger partial charge on any atom is -0.444 e. The topological polar surface area (TPSA) is 188 Å². The van der Waals surface area contributed by atoms with E-state index in [1.54, 1.807) is 64.4 Å². The summed E-state index contributed by atoms with van der Waals surface area (Å²) in [6.07, 6.45) is -1.53. The molecule has 3 fully saturated rings. The molecule has 2 aromatic heterocycles. The molecule has 2 aromatic carbocycles. The predicted molar refractivity (Wildman–Crippen MR) is 217 cm³/mol. The Kier molecular flexibility index (Phi) is 11.9. The average molecular weight is 854 g/mol. The number of hydrogen-bond donors (Lipinski definition) is 5. The van der Waals surface area contributed by atoms with Crippen molar-refractivity contribution in [3.8, 4) is 22.4 Å². The number of nitrogens with one attached hydrogen (secondary N) is 3.